The Bertz CT molecular complexity index is 369. The highest BCUT2D eigenvalue weighted by Gasteiger charge is 2.30. The van der Waals surface area contributed by atoms with E-state index in [0.717, 1.165) is 37.8 Å². The maximum Gasteiger partial charge on any atom is 0.151 e. The van der Waals surface area contributed by atoms with E-state index >= 15 is 0 Å². The molecule has 4 nitrogen and oxygen atoms in total. The molecule has 4 heteroatoms. The van der Waals surface area contributed by atoms with Crippen LogP contribution in [0.4, 0.5) is 11.5 Å². The van der Waals surface area contributed by atoms with Gasteiger partial charge in [0, 0.05) is 31.8 Å². The van der Waals surface area contributed by atoms with Crippen molar-refractivity contribution in [2.75, 3.05) is 36.9 Å². The molecule has 0 saturated carbocycles. The zero-order valence-electron chi connectivity index (χ0n) is 10.6. The van der Waals surface area contributed by atoms with E-state index in [1.807, 2.05) is 19.1 Å². The van der Waals surface area contributed by atoms with Crippen LogP contribution in [0.5, 0.6) is 0 Å². The average Bonchev–Trinajstić information content (AvgIpc) is 2.68. The first-order chi connectivity index (χ1) is 8.22. The molecule has 17 heavy (non-hydrogen) atoms. The number of anilines is 2. The number of ether oxygens (including phenoxy) is 1. The van der Waals surface area contributed by atoms with Crippen molar-refractivity contribution in [2.45, 2.75) is 13.8 Å². The van der Waals surface area contributed by atoms with E-state index in [-0.39, 0.29) is 0 Å². The summed E-state index contributed by atoms with van der Waals surface area (Å²) in [5.41, 5.74) is 6.72. The molecule has 2 N–H and O–H groups in total. The van der Waals surface area contributed by atoms with Gasteiger partial charge >= 0.3 is 0 Å². The second-order valence-electron chi connectivity index (χ2n) is 4.72. The molecule has 1 fully saturated rings. The molecule has 1 aliphatic rings. The van der Waals surface area contributed by atoms with Gasteiger partial charge < -0.3 is 15.4 Å². The SMILES string of the molecule is CCOC[C@H]1CN(c2ncccc2N)C[C@H]1C. The standard InChI is InChI=1S/C13H21N3O/c1-3-17-9-11-8-16(7-10(11)2)13-12(14)5-4-6-15-13/h4-6,10-11H,3,7-9,14H2,1-2H3/t10-,11-/m1/s1. The fraction of sp³-hybridized carbons (Fsp3) is 0.615. The maximum atomic E-state index is 5.96. The number of rotatable bonds is 4. The molecule has 2 heterocycles. The second-order valence-corrected chi connectivity index (χ2v) is 4.72. The van der Waals surface area contributed by atoms with Crippen molar-refractivity contribution < 1.29 is 4.74 Å². The van der Waals surface area contributed by atoms with Gasteiger partial charge in [-0.3, -0.25) is 0 Å². The van der Waals surface area contributed by atoms with Crippen LogP contribution in [0.1, 0.15) is 13.8 Å². The third-order valence-electron chi connectivity index (χ3n) is 3.42. The fourth-order valence-electron chi connectivity index (χ4n) is 2.37. The molecule has 1 aromatic rings. The zero-order chi connectivity index (χ0) is 12.3. The van der Waals surface area contributed by atoms with Crippen molar-refractivity contribution in [3.63, 3.8) is 0 Å². The molecule has 0 bridgehead atoms. The summed E-state index contributed by atoms with van der Waals surface area (Å²) in [6.07, 6.45) is 1.80. The van der Waals surface area contributed by atoms with Crippen LogP contribution in [0, 0.1) is 11.8 Å². The number of nitrogens with two attached hydrogens (primary N) is 1. The molecule has 0 spiro atoms. The summed E-state index contributed by atoms with van der Waals surface area (Å²) in [5, 5.41) is 0. The van der Waals surface area contributed by atoms with Gasteiger partial charge in [0.15, 0.2) is 5.82 Å². The monoisotopic (exact) mass is 235 g/mol. The van der Waals surface area contributed by atoms with Crippen LogP contribution in [-0.2, 0) is 4.74 Å². The molecule has 1 aromatic heterocycles. The lowest BCUT2D eigenvalue weighted by atomic mass is 9.99. The quantitative estimate of drug-likeness (QED) is 0.864. The number of pyridine rings is 1. The largest absolute Gasteiger partial charge is 0.396 e. The molecule has 1 saturated heterocycles. The van der Waals surface area contributed by atoms with E-state index in [2.05, 4.69) is 16.8 Å². The first-order valence-corrected chi connectivity index (χ1v) is 6.25. The summed E-state index contributed by atoms with van der Waals surface area (Å²) >= 11 is 0. The highest BCUT2D eigenvalue weighted by Crippen LogP contribution is 2.29. The first-order valence-electron chi connectivity index (χ1n) is 6.25. The Morgan fingerprint density at radius 1 is 1.53 bits per heavy atom. The van der Waals surface area contributed by atoms with Crippen molar-refractivity contribution >= 4 is 11.5 Å². The number of hydrogen-bond acceptors (Lipinski definition) is 4. The third kappa shape index (κ3) is 2.69. The zero-order valence-corrected chi connectivity index (χ0v) is 10.6. The molecule has 0 aromatic carbocycles. The van der Waals surface area contributed by atoms with Crippen LogP contribution >= 0.6 is 0 Å². The molecular formula is C13H21N3O. The smallest absolute Gasteiger partial charge is 0.151 e. The van der Waals surface area contributed by atoms with Gasteiger partial charge in [0.25, 0.3) is 0 Å². The predicted molar refractivity (Wildman–Crippen MR) is 70.0 cm³/mol. The van der Waals surface area contributed by atoms with E-state index in [9.17, 15) is 0 Å². The van der Waals surface area contributed by atoms with Crippen molar-refractivity contribution in [3.05, 3.63) is 18.3 Å². The van der Waals surface area contributed by atoms with Crippen molar-refractivity contribution in [1.29, 1.82) is 0 Å². The van der Waals surface area contributed by atoms with E-state index in [1.54, 1.807) is 6.20 Å². The second kappa shape index (κ2) is 5.36. The molecule has 2 atom stereocenters. The van der Waals surface area contributed by atoms with Crippen LogP contribution in [-0.4, -0.2) is 31.3 Å². The Hall–Kier alpha value is -1.29. The van der Waals surface area contributed by atoms with Gasteiger partial charge in [-0.1, -0.05) is 6.92 Å². The molecule has 0 amide bonds. The lowest BCUT2D eigenvalue weighted by molar-refractivity contribution is 0.104. The number of aromatic nitrogens is 1. The average molecular weight is 235 g/mol. The van der Waals surface area contributed by atoms with Gasteiger partial charge in [0.2, 0.25) is 0 Å². The van der Waals surface area contributed by atoms with Gasteiger partial charge in [0.05, 0.1) is 12.3 Å². The van der Waals surface area contributed by atoms with Crippen LogP contribution in [0.2, 0.25) is 0 Å². The van der Waals surface area contributed by atoms with Crippen LogP contribution in [0.25, 0.3) is 0 Å². The summed E-state index contributed by atoms with van der Waals surface area (Å²) in [7, 11) is 0. The van der Waals surface area contributed by atoms with Gasteiger partial charge in [-0.05, 0) is 25.0 Å². The Labute approximate surface area is 103 Å². The Balaban J connectivity index is 2.03. The summed E-state index contributed by atoms with van der Waals surface area (Å²) in [6.45, 7) is 7.92. The Kier molecular flexibility index (Phi) is 3.84. The maximum absolute atomic E-state index is 5.96. The summed E-state index contributed by atoms with van der Waals surface area (Å²) in [6, 6.07) is 3.78. The fourth-order valence-corrected chi connectivity index (χ4v) is 2.37. The summed E-state index contributed by atoms with van der Waals surface area (Å²) in [4.78, 5) is 6.64. The molecule has 0 aliphatic carbocycles. The van der Waals surface area contributed by atoms with Crippen LogP contribution in [0.15, 0.2) is 18.3 Å². The van der Waals surface area contributed by atoms with E-state index in [1.165, 1.54) is 0 Å². The van der Waals surface area contributed by atoms with Crippen molar-refractivity contribution in [1.82, 2.24) is 4.98 Å². The molecule has 2 rings (SSSR count). The van der Waals surface area contributed by atoms with E-state index < -0.39 is 0 Å². The van der Waals surface area contributed by atoms with Gasteiger partial charge in [-0.2, -0.15) is 0 Å². The normalized spacial score (nSPS) is 24.2. The Morgan fingerprint density at radius 3 is 3.06 bits per heavy atom. The lowest BCUT2D eigenvalue weighted by Gasteiger charge is -2.18. The number of nitrogen functional groups attached to an aromatic ring is 1. The minimum Gasteiger partial charge on any atom is -0.396 e. The molecule has 0 unspecified atom stereocenters. The topological polar surface area (TPSA) is 51.4 Å². The van der Waals surface area contributed by atoms with Gasteiger partial charge in [-0.15, -0.1) is 0 Å². The molecule has 1 aliphatic heterocycles. The predicted octanol–water partition coefficient (Wildman–Crippen LogP) is 1.77. The summed E-state index contributed by atoms with van der Waals surface area (Å²) in [5.74, 6) is 2.12. The van der Waals surface area contributed by atoms with E-state index in [0.29, 0.717) is 11.8 Å². The summed E-state index contributed by atoms with van der Waals surface area (Å²) < 4.78 is 5.52. The lowest BCUT2D eigenvalue weighted by Crippen LogP contribution is -2.23. The number of hydrogen-bond donors (Lipinski definition) is 1. The Morgan fingerprint density at radius 2 is 2.35 bits per heavy atom. The van der Waals surface area contributed by atoms with E-state index in [4.69, 9.17) is 10.5 Å². The van der Waals surface area contributed by atoms with Crippen molar-refractivity contribution in [3.8, 4) is 0 Å². The van der Waals surface area contributed by atoms with Crippen LogP contribution in [0.3, 0.4) is 0 Å². The molecular weight excluding hydrogens is 214 g/mol. The van der Waals surface area contributed by atoms with Crippen molar-refractivity contribution in [2.24, 2.45) is 11.8 Å². The minimum atomic E-state index is 0.580. The van der Waals surface area contributed by atoms with Crippen LogP contribution < -0.4 is 10.6 Å². The molecule has 94 valence electrons. The minimum absolute atomic E-state index is 0.580. The van der Waals surface area contributed by atoms with Gasteiger partial charge in [-0.25, -0.2) is 4.98 Å². The highest BCUT2D eigenvalue weighted by molar-refractivity contribution is 5.62. The highest BCUT2D eigenvalue weighted by atomic mass is 16.5. The van der Waals surface area contributed by atoms with Gasteiger partial charge in [0.1, 0.15) is 0 Å². The molecule has 0 radical (unpaired) electrons. The third-order valence-corrected chi connectivity index (χ3v) is 3.42. The number of nitrogens with zero attached hydrogens (tertiary/aromatic N) is 2. The first kappa shape index (κ1) is 12.2.